The summed E-state index contributed by atoms with van der Waals surface area (Å²) in [6.45, 7) is 5.64. The van der Waals surface area contributed by atoms with Crippen molar-refractivity contribution in [3.63, 3.8) is 0 Å². The number of aryl methyl sites for hydroxylation is 2. The van der Waals surface area contributed by atoms with E-state index in [0.717, 1.165) is 11.3 Å². The van der Waals surface area contributed by atoms with Crippen molar-refractivity contribution in [2.24, 2.45) is 0 Å². The highest BCUT2D eigenvalue weighted by atomic mass is 16.5. The first kappa shape index (κ1) is 13.1. The van der Waals surface area contributed by atoms with Gasteiger partial charge >= 0.3 is 0 Å². The van der Waals surface area contributed by atoms with E-state index < -0.39 is 0 Å². The average Bonchev–Trinajstić information content (AvgIpc) is 2.75. The molecule has 4 nitrogen and oxygen atoms in total. The van der Waals surface area contributed by atoms with E-state index in [4.69, 9.17) is 4.52 Å². The molecule has 2 rings (SSSR count). The van der Waals surface area contributed by atoms with Gasteiger partial charge in [-0.1, -0.05) is 35.0 Å². The van der Waals surface area contributed by atoms with Gasteiger partial charge in [-0.15, -0.1) is 0 Å². The fraction of sp³-hybridized carbons (Fsp3) is 0.200. The van der Waals surface area contributed by atoms with Gasteiger partial charge in [-0.05, 0) is 20.8 Å². The fourth-order valence-corrected chi connectivity index (χ4v) is 1.65. The molecule has 19 heavy (non-hydrogen) atoms. The number of hydrogen-bond acceptors (Lipinski definition) is 4. The molecule has 0 amide bonds. The van der Waals surface area contributed by atoms with Gasteiger partial charge in [-0.25, -0.2) is 0 Å². The van der Waals surface area contributed by atoms with Crippen LogP contribution in [-0.4, -0.2) is 10.9 Å². The van der Waals surface area contributed by atoms with Gasteiger partial charge in [0.2, 0.25) is 5.88 Å². The lowest BCUT2D eigenvalue weighted by atomic mass is 10.1. The van der Waals surface area contributed by atoms with E-state index in [1.807, 2.05) is 45.0 Å². The Morgan fingerprint density at radius 2 is 1.95 bits per heavy atom. The molecule has 0 bridgehead atoms. The van der Waals surface area contributed by atoms with Gasteiger partial charge in [0.15, 0.2) is 5.78 Å². The molecule has 0 radical (unpaired) electrons. The molecule has 4 heteroatoms. The molecule has 98 valence electrons. The number of aromatic nitrogens is 1. The number of anilines is 1. The van der Waals surface area contributed by atoms with Crippen LogP contribution in [0, 0.1) is 13.8 Å². The molecule has 0 fully saturated rings. The van der Waals surface area contributed by atoms with Crippen molar-refractivity contribution in [1.82, 2.24) is 5.16 Å². The van der Waals surface area contributed by atoms with Crippen LogP contribution in [0.3, 0.4) is 0 Å². The molecule has 0 aliphatic carbocycles. The zero-order valence-corrected chi connectivity index (χ0v) is 11.2. The third-order valence-electron chi connectivity index (χ3n) is 2.63. The summed E-state index contributed by atoms with van der Waals surface area (Å²) in [5, 5.41) is 6.75. The second-order valence-corrected chi connectivity index (χ2v) is 4.52. The number of hydrogen-bond donors (Lipinski definition) is 1. The number of allylic oxidation sites excluding steroid dienone is 2. The fourth-order valence-electron chi connectivity index (χ4n) is 1.65. The number of ketones is 1. The minimum Gasteiger partial charge on any atom is -0.338 e. The zero-order chi connectivity index (χ0) is 13.8. The number of rotatable bonds is 4. The minimum atomic E-state index is -0.0405. The Hall–Kier alpha value is -2.36. The molecule has 0 unspecified atom stereocenters. The largest absolute Gasteiger partial charge is 0.338 e. The van der Waals surface area contributed by atoms with Gasteiger partial charge < -0.3 is 9.84 Å². The topological polar surface area (TPSA) is 55.1 Å². The maximum absolute atomic E-state index is 12.0. The molecule has 0 saturated heterocycles. The summed E-state index contributed by atoms with van der Waals surface area (Å²) in [6, 6.07) is 9.25. The lowest BCUT2D eigenvalue weighted by Gasteiger charge is -2.02. The summed E-state index contributed by atoms with van der Waals surface area (Å²) >= 11 is 0. The first-order chi connectivity index (χ1) is 9.04. The van der Waals surface area contributed by atoms with Crippen molar-refractivity contribution in [1.29, 1.82) is 0 Å². The standard InChI is InChI=1S/C15H16N2O2/c1-10-4-6-13(7-5-10)14(18)8-11(2)16-15-9-12(3)17-19-15/h4-9,16H,1-3H3/b11-8-. The number of nitrogens with one attached hydrogen (secondary N) is 1. The van der Waals surface area contributed by atoms with Crippen LogP contribution < -0.4 is 5.32 Å². The van der Waals surface area contributed by atoms with Gasteiger partial charge in [0, 0.05) is 23.4 Å². The van der Waals surface area contributed by atoms with E-state index in [0.29, 0.717) is 17.1 Å². The summed E-state index contributed by atoms with van der Waals surface area (Å²) in [5.41, 5.74) is 3.30. The van der Waals surface area contributed by atoms with Crippen LogP contribution in [0.1, 0.15) is 28.5 Å². The maximum atomic E-state index is 12.0. The van der Waals surface area contributed by atoms with Crippen molar-refractivity contribution in [2.75, 3.05) is 5.32 Å². The lowest BCUT2D eigenvalue weighted by molar-refractivity contribution is 0.104. The van der Waals surface area contributed by atoms with Crippen molar-refractivity contribution in [3.05, 3.63) is 58.9 Å². The van der Waals surface area contributed by atoms with E-state index in [1.165, 1.54) is 0 Å². The molecule has 0 aliphatic heterocycles. The summed E-state index contributed by atoms with van der Waals surface area (Å²) in [6.07, 6.45) is 1.54. The van der Waals surface area contributed by atoms with Gasteiger partial charge in [-0.3, -0.25) is 4.79 Å². The summed E-state index contributed by atoms with van der Waals surface area (Å²) in [5.74, 6) is 0.490. The number of benzene rings is 1. The van der Waals surface area contributed by atoms with Crippen LogP contribution in [-0.2, 0) is 0 Å². The molecule has 1 heterocycles. The normalized spacial score (nSPS) is 11.4. The third kappa shape index (κ3) is 3.55. The SMILES string of the molecule is C/C(=C/C(=O)c1ccc(C)cc1)Nc1cc(C)no1. The summed E-state index contributed by atoms with van der Waals surface area (Å²) in [4.78, 5) is 12.0. The zero-order valence-electron chi connectivity index (χ0n) is 11.2. The molecule has 2 aromatic rings. The van der Waals surface area contributed by atoms with Crippen molar-refractivity contribution < 1.29 is 9.32 Å². The van der Waals surface area contributed by atoms with Crippen molar-refractivity contribution in [2.45, 2.75) is 20.8 Å². The third-order valence-corrected chi connectivity index (χ3v) is 2.63. The molecule has 0 saturated carbocycles. The van der Waals surface area contributed by atoms with E-state index in [9.17, 15) is 4.79 Å². The molecule has 1 aromatic heterocycles. The first-order valence-corrected chi connectivity index (χ1v) is 6.04. The molecular weight excluding hydrogens is 240 g/mol. The number of carbonyl (C=O) groups is 1. The second kappa shape index (κ2) is 5.52. The van der Waals surface area contributed by atoms with Crippen LogP contribution in [0.15, 0.2) is 46.6 Å². The van der Waals surface area contributed by atoms with E-state index in [2.05, 4.69) is 10.5 Å². The van der Waals surface area contributed by atoms with Crippen LogP contribution in [0.5, 0.6) is 0 Å². The minimum absolute atomic E-state index is 0.0405. The Bertz CT molecular complexity index is 609. The van der Waals surface area contributed by atoms with E-state index in [1.54, 1.807) is 12.1 Å². The Kier molecular flexibility index (Phi) is 3.80. The number of carbonyl (C=O) groups excluding carboxylic acids is 1. The highest BCUT2D eigenvalue weighted by molar-refractivity contribution is 6.05. The smallest absolute Gasteiger partial charge is 0.229 e. The Balaban J connectivity index is 2.07. The predicted molar refractivity (Wildman–Crippen MR) is 74.1 cm³/mol. The molecule has 0 aliphatic rings. The van der Waals surface area contributed by atoms with Crippen LogP contribution in [0.25, 0.3) is 0 Å². The number of nitrogens with zero attached hydrogens (tertiary/aromatic N) is 1. The van der Waals surface area contributed by atoms with Gasteiger partial charge in [0.25, 0.3) is 0 Å². The van der Waals surface area contributed by atoms with Crippen molar-refractivity contribution in [3.8, 4) is 0 Å². The summed E-state index contributed by atoms with van der Waals surface area (Å²) in [7, 11) is 0. The molecule has 1 N–H and O–H groups in total. The Labute approximate surface area is 112 Å². The molecule has 0 atom stereocenters. The predicted octanol–water partition coefficient (Wildman–Crippen LogP) is 3.49. The van der Waals surface area contributed by atoms with Crippen LogP contribution in [0.2, 0.25) is 0 Å². The molecule has 0 spiro atoms. The van der Waals surface area contributed by atoms with Gasteiger partial charge in [-0.2, -0.15) is 0 Å². The highest BCUT2D eigenvalue weighted by Gasteiger charge is 2.04. The monoisotopic (exact) mass is 256 g/mol. The van der Waals surface area contributed by atoms with Gasteiger partial charge in [0.1, 0.15) is 0 Å². The van der Waals surface area contributed by atoms with Crippen molar-refractivity contribution >= 4 is 11.7 Å². The second-order valence-electron chi connectivity index (χ2n) is 4.52. The Morgan fingerprint density at radius 1 is 1.26 bits per heavy atom. The van der Waals surface area contributed by atoms with E-state index >= 15 is 0 Å². The van der Waals surface area contributed by atoms with E-state index in [-0.39, 0.29) is 5.78 Å². The average molecular weight is 256 g/mol. The molecular formula is C15H16N2O2. The summed E-state index contributed by atoms with van der Waals surface area (Å²) < 4.78 is 5.02. The maximum Gasteiger partial charge on any atom is 0.229 e. The van der Waals surface area contributed by atoms with Crippen LogP contribution >= 0.6 is 0 Å². The van der Waals surface area contributed by atoms with Crippen LogP contribution in [0.4, 0.5) is 5.88 Å². The lowest BCUT2D eigenvalue weighted by Crippen LogP contribution is -2.00. The first-order valence-electron chi connectivity index (χ1n) is 6.04. The highest BCUT2D eigenvalue weighted by Crippen LogP contribution is 2.12. The molecule has 1 aromatic carbocycles. The Morgan fingerprint density at radius 3 is 2.53 bits per heavy atom. The quantitative estimate of drug-likeness (QED) is 0.672. The van der Waals surface area contributed by atoms with Gasteiger partial charge in [0.05, 0.1) is 5.69 Å².